The molecule has 0 saturated carbocycles. The van der Waals surface area contributed by atoms with Gasteiger partial charge in [0.15, 0.2) is 0 Å². The van der Waals surface area contributed by atoms with Crippen molar-refractivity contribution in [3.05, 3.63) is 65.0 Å². The van der Waals surface area contributed by atoms with Crippen LogP contribution < -0.4 is 9.62 Å². The summed E-state index contributed by atoms with van der Waals surface area (Å²) >= 11 is 0. The molecule has 1 amide bonds. The second kappa shape index (κ2) is 8.66. The van der Waals surface area contributed by atoms with E-state index in [1.807, 2.05) is 50.2 Å². The minimum Gasteiger partial charge on any atom is -0.345 e. The molecule has 0 bridgehead atoms. The number of hydrogen-bond acceptors (Lipinski definition) is 6. The van der Waals surface area contributed by atoms with Crippen LogP contribution in [0.3, 0.4) is 0 Å². The van der Waals surface area contributed by atoms with E-state index < -0.39 is 15.9 Å². The largest absolute Gasteiger partial charge is 0.345 e. The van der Waals surface area contributed by atoms with Crippen LogP contribution in [0, 0.1) is 20.8 Å². The Hall–Kier alpha value is -3.20. The molecule has 158 valence electrons. The van der Waals surface area contributed by atoms with Crippen molar-refractivity contribution in [3.63, 3.8) is 0 Å². The van der Waals surface area contributed by atoms with Gasteiger partial charge in [0.1, 0.15) is 6.54 Å². The van der Waals surface area contributed by atoms with Crippen LogP contribution in [-0.2, 0) is 21.4 Å². The molecule has 0 atom stereocenters. The van der Waals surface area contributed by atoms with Gasteiger partial charge in [-0.05, 0) is 44.0 Å². The summed E-state index contributed by atoms with van der Waals surface area (Å²) in [5.74, 6) is 0.185. The number of carbonyl (C=O) groups is 1. The predicted molar refractivity (Wildman–Crippen MR) is 114 cm³/mol. The number of carbonyl (C=O) groups excluding carboxylic acids is 1. The van der Waals surface area contributed by atoms with Gasteiger partial charge in [0, 0.05) is 5.56 Å². The number of rotatable bonds is 7. The number of aryl methyl sites for hydroxylation is 3. The van der Waals surface area contributed by atoms with Gasteiger partial charge in [-0.15, -0.1) is 0 Å². The molecule has 0 radical (unpaired) electrons. The van der Waals surface area contributed by atoms with Gasteiger partial charge in [-0.2, -0.15) is 4.98 Å². The monoisotopic (exact) mass is 428 g/mol. The van der Waals surface area contributed by atoms with E-state index in [4.69, 9.17) is 4.52 Å². The van der Waals surface area contributed by atoms with E-state index in [0.29, 0.717) is 11.5 Å². The molecule has 1 N–H and O–H groups in total. The van der Waals surface area contributed by atoms with Crippen molar-refractivity contribution in [1.82, 2.24) is 15.5 Å². The molecule has 0 aliphatic heterocycles. The molecule has 9 heteroatoms. The van der Waals surface area contributed by atoms with Crippen LogP contribution in [0.1, 0.15) is 22.6 Å². The van der Waals surface area contributed by atoms with Crippen molar-refractivity contribution in [2.24, 2.45) is 0 Å². The molecule has 0 fully saturated rings. The molecule has 3 aromatic rings. The maximum atomic E-state index is 12.5. The lowest BCUT2D eigenvalue weighted by atomic mass is 10.1. The third-order valence-corrected chi connectivity index (χ3v) is 5.63. The summed E-state index contributed by atoms with van der Waals surface area (Å²) in [6, 6.07) is 13.1. The maximum absolute atomic E-state index is 12.5. The van der Waals surface area contributed by atoms with E-state index in [2.05, 4.69) is 15.5 Å². The first-order valence-corrected chi connectivity index (χ1v) is 11.2. The lowest BCUT2D eigenvalue weighted by molar-refractivity contribution is -0.119. The highest BCUT2D eigenvalue weighted by molar-refractivity contribution is 7.92. The molecule has 0 unspecified atom stereocenters. The molecule has 0 spiro atoms. The first kappa shape index (κ1) is 21.5. The Morgan fingerprint density at radius 3 is 2.53 bits per heavy atom. The molecular weight excluding hydrogens is 404 g/mol. The van der Waals surface area contributed by atoms with Gasteiger partial charge >= 0.3 is 0 Å². The van der Waals surface area contributed by atoms with Crippen LogP contribution in [0.4, 0.5) is 5.69 Å². The van der Waals surface area contributed by atoms with Crippen molar-refractivity contribution in [3.8, 4) is 11.4 Å². The summed E-state index contributed by atoms with van der Waals surface area (Å²) < 4.78 is 30.9. The molecule has 30 heavy (non-hydrogen) atoms. The standard InChI is InChI=1S/C21H24N4O4S/c1-14-6-5-7-17(10-14)21-23-20(29-24-21)12-22-19(26)13-25(30(4,27)28)18-11-15(2)8-9-16(18)3/h5-11H,12-13H2,1-4H3,(H,22,26). The average molecular weight is 429 g/mol. The van der Waals surface area contributed by atoms with Crippen LogP contribution >= 0.6 is 0 Å². The van der Waals surface area contributed by atoms with E-state index in [1.165, 1.54) is 0 Å². The number of nitrogens with zero attached hydrogens (tertiary/aromatic N) is 3. The Labute approximate surface area is 176 Å². The smallest absolute Gasteiger partial charge is 0.246 e. The quantitative estimate of drug-likeness (QED) is 0.620. The molecule has 1 aromatic heterocycles. The number of aromatic nitrogens is 2. The zero-order valence-electron chi connectivity index (χ0n) is 17.3. The molecular formula is C21H24N4O4S. The summed E-state index contributed by atoms with van der Waals surface area (Å²) in [7, 11) is -3.65. The first-order chi connectivity index (χ1) is 14.1. The zero-order chi connectivity index (χ0) is 21.9. The third-order valence-electron chi connectivity index (χ3n) is 4.50. The summed E-state index contributed by atoms with van der Waals surface area (Å²) in [5.41, 5.74) is 4.03. The first-order valence-electron chi connectivity index (χ1n) is 9.35. The van der Waals surface area contributed by atoms with Crippen LogP contribution in [0.15, 0.2) is 47.0 Å². The minimum absolute atomic E-state index is 0.00203. The van der Waals surface area contributed by atoms with Crippen molar-refractivity contribution in [2.45, 2.75) is 27.3 Å². The van der Waals surface area contributed by atoms with Gasteiger partial charge in [-0.25, -0.2) is 8.42 Å². The third kappa shape index (κ3) is 5.24. The Balaban J connectivity index is 1.69. The Kier molecular flexibility index (Phi) is 6.21. The number of hydrogen-bond donors (Lipinski definition) is 1. The fraction of sp³-hybridized carbons (Fsp3) is 0.286. The second-order valence-corrected chi connectivity index (χ2v) is 9.12. The van der Waals surface area contributed by atoms with Gasteiger partial charge < -0.3 is 9.84 Å². The van der Waals surface area contributed by atoms with Crippen LogP contribution in [0.5, 0.6) is 0 Å². The number of amides is 1. The van der Waals surface area contributed by atoms with Gasteiger partial charge in [0.2, 0.25) is 27.6 Å². The van der Waals surface area contributed by atoms with E-state index in [1.54, 1.807) is 13.0 Å². The number of sulfonamides is 1. The summed E-state index contributed by atoms with van der Waals surface area (Å²) in [6.45, 7) is 5.29. The van der Waals surface area contributed by atoms with E-state index in [9.17, 15) is 13.2 Å². The van der Waals surface area contributed by atoms with E-state index in [0.717, 1.165) is 32.8 Å². The lowest BCUT2D eigenvalue weighted by Gasteiger charge is -2.24. The fourth-order valence-corrected chi connectivity index (χ4v) is 3.86. The average Bonchev–Trinajstić information content (AvgIpc) is 3.15. The van der Waals surface area contributed by atoms with Crippen molar-refractivity contribution in [2.75, 3.05) is 17.1 Å². The SMILES string of the molecule is Cc1cccc(-c2noc(CNC(=O)CN(c3cc(C)ccc3C)S(C)(=O)=O)n2)c1. The molecule has 1 heterocycles. The zero-order valence-corrected chi connectivity index (χ0v) is 18.2. The maximum Gasteiger partial charge on any atom is 0.246 e. The van der Waals surface area contributed by atoms with Crippen LogP contribution in [0.2, 0.25) is 0 Å². The molecule has 0 aliphatic carbocycles. The highest BCUT2D eigenvalue weighted by Gasteiger charge is 2.22. The van der Waals surface area contributed by atoms with Crippen LogP contribution in [-0.4, -0.2) is 37.3 Å². The van der Waals surface area contributed by atoms with Gasteiger partial charge in [0.25, 0.3) is 0 Å². The van der Waals surface area contributed by atoms with Crippen molar-refractivity contribution >= 4 is 21.6 Å². The normalized spacial score (nSPS) is 11.3. The van der Waals surface area contributed by atoms with Gasteiger partial charge in [-0.3, -0.25) is 9.10 Å². The number of anilines is 1. The van der Waals surface area contributed by atoms with Crippen molar-refractivity contribution < 1.29 is 17.7 Å². The Morgan fingerprint density at radius 1 is 1.10 bits per heavy atom. The van der Waals surface area contributed by atoms with Crippen molar-refractivity contribution in [1.29, 1.82) is 0 Å². The van der Waals surface area contributed by atoms with Gasteiger partial charge in [0.05, 0.1) is 18.5 Å². The molecule has 0 aliphatic rings. The Morgan fingerprint density at radius 2 is 1.83 bits per heavy atom. The highest BCUT2D eigenvalue weighted by Crippen LogP contribution is 2.23. The van der Waals surface area contributed by atoms with E-state index >= 15 is 0 Å². The summed E-state index contributed by atoms with van der Waals surface area (Å²) in [5, 5.41) is 6.57. The predicted octanol–water partition coefficient (Wildman–Crippen LogP) is 2.74. The molecule has 8 nitrogen and oxygen atoms in total. The number of nitrogens with one attached hydrogen (secondary N) is 1. The highest BCUT2D eigenvalue weighted by atomic mass is 32.2. The number of benzene rings is 2. The van der Waals surface area contributed by atoms with E-state index in [-0.39, 0.29) is 19.0 Å². The lowest BCUT2D eigenvalue weighted by Crippen LogP contribution is -2.40. The molecule has 0 saturated heterocycles. The minimum atomic E-state index is -3.65. The Bertz CT molecular complexity index is 1170. The summed E-state index contributed by atoms with van der Waals surface area (Å²) in [6.07, 6.45) is 1.08. The van der Waals surface area contributed by atoms with Gasteiger partial charge in [-0.1, -0.05) is 41.1 Å². The second-order valence-electron chi connectivity index (χ2n) is 7.22. The fourth-order valence-electron chi connectivity index (χ4n) is 2.96. The molecule has 3 rings (SSSR count). The van der Waals surface area contributed by atoms with Crippen LogP contribution in [0.25, 0.3) is 11.4 Å². The molecule has 2 aromatic carbocycles. The topological polar surface area (TPSA) is 105 Å². The summed E-state index contributed by atoms with van der Waals surface area (Å²) in [4.78, 5) is 16.7.